The summed E-state index contributed by atoms with van der Waals surface area (Å²) >= 11 is 0. The average molecular weight is 238 g/mol. The van der Waals surface area contributed by atoms with Gasteiger partial charge in [-0.25, -0.2) is 9.97 Å². The first kappa shape index (κ1) is 13.7. The quantitative estimate of drug-likeness (QED) is 0.721. The predicted molar refractivity (Wildman–Crippen MR) is 69.9 cm³/mol. The van der Waals surface area contributed by atoms with Gasteiger partial charge in [-0.05, 0) is 6.92 Å². The first-order valence-electron chi connectivity index (χ1n) is 5.87. The molecule has 0 aliphatic carbocycles. The number of nitrogens with zero attached hydrogens (tertiary/aromatic N) is 2. The lowest BCUT2D eigenvalue weighted by Crippen LogP contribution is -2.27. The van der Waals surface area contributed by atoms with Crippen molar-refractivity contribution in [3.05, 3.63) is 11.4 Å². The first-order valence-corrected chi connectivity index (χ1v) is 5.87. The molecule has 0 unspecified atom stereocenters. The number of hydrogen-bond donors (Lipinski definition) is 3. The van der Waals surface area contributed by atoms with Crippen molar-refractivity contribution in [2.45, 2.75) is 34.1 Å². The van der Waals surface area contributed by atoms with Crippen molar-refractivity contribution in [1.82, 2.24) is 9.97 Å². The molecule has 0 spiro atoms. The standard InChI is InChI=1S/C12H22N4O/c1-5-9-15-10(13)8(2)11(16-9)14-6-12(3,4)7-17/h17H,5-7H2,1-4H3,(H3,13,14,15,16). The van der Waals surface area contributed by atoms with E-state index in [1.165, 1.54) is 0 Å². The van der Waals surface area contributed by atoms with Crippen LogP contribution in [-0.4, -0.2) is 28.2 Å². The van der Waals surface area contributed by atoms with E-state index in [2.05, 4.69) is 15.3 Å². The summed E-state index contributed by atoms with van der Waals surface area (Å²) in [5.74, 6) is 2.01. The number of aryl methyl sites for hydroxylation is 1. The van der Waals surface area contributed by atoms with E-state index in [0.717, 1.165) is 23.6 Å². The Morgan fingerprint density at radius 1 is 1.35 bits per heavy atom. The maximum atomic E-state index is 9.20. The third-order valence-electron chi connectivity index (χ3n) is 2.71. The molecule has 0 amide bonds. The SMILES string of the molecule is CCc1nc(N)c(C)c(NCC(C)(C)CO)n1. The Morgan fingerprint density at radius 2 is 2.00 bits per heavy atom. The molecular weight excluding hydrogens is 216 g/mol. The van der Waals surface area contributed by atoms with Gasteiger partial charge in [-0.2, -0.15) is 0 Å². The number of nitrogens with one attached hydrogen (secondary N) is 1. The van der Waals surface area contributed by atoms with Crippen LogP contribution in [0, 0.1) is 12.3 Å². The highest BCUT2D eigenvalue weighted by atomic mass is 16.3. The van der Waals surface area contributed by atoms with Gasteiger partial charge in [0.05, 0.1) is 0 Å². The molecule has 17 heavy (non-hydrogen) atoms. The lowest BCUT2D eigenvalue weighted by atomic mass is 9.95. The van der Waals surface area contributed by atoms with Crippen molar-refractivity contribution in [3.8, 4) is 0 Å². The van der Waals surface area contributed by atoms with Crippen molar-refractivity contribution in [2.24, 2.45) is 5.41 Å². The van der Waals surface area contributed by atoms with Crippen LogP contribution in [-0.2, 0) is 6.42 Å². The van der Waals surface area contributed by atoms with Gasteiger partial charge in [0.2, 0.25) is 0 Å². The number of rotatable bonds is 5. The zero-order valence-corrected chi connectivity index (χ0v) is 11.0. The van der Waals surface area contributed by atoms with Crippen LogP contribution in [0.4, 0.5) is 11.6 Å². The van der Waals surface area contributed by atoms with E-state index < -0.39 is 0 Å². The van der Waals surface area contributed by atoms with Gasteiger partial charge >= 0.3 is 0 Å². The first-order chi connectivity index (χ1) is 7.89. The molecule has 0 atom stereocenters. The minimum absolute atomic E-state index is 0.125. The number of aromatic nitrogens is 2. The summed E-state index contributed by atoms with van der Waals surface area (Å²) in [4.78, 5) is 8.60. The number of aliphatic hydroxyl groups is 1. The molecule has 0 saturated carbocycles. The van der Waals surface area contributed by atoms with E-state index in [9.17, 15) is 5.11 Å². The molecule has 1 aromatic rings. The van der Waals surface area contributed by atoms with Gasteiger partial charge in [-0.1, -0.05) is 20.8 Å². The van der Waals surface area contributed by atoms with Crippen LogP contribution >= 0.6 is 0 Å². The zero-order valence-electron chi connectivity index (χ0n) is 11.0. The highest BCUT2D eigenvalue weighted by molar-refractivity contribution is 5.54. The summed E-state index contributed by atoms with van der Waals surface area (Å²) in [7, 11) is 0. The lowest BCUT2D eigenvalue weighted by Gasteiger charge is -2.23. The Balaban J connectivity index is 2.87. The summed E-state index contributed by atoms with van der Waals surface area (Å²) in [6, 6.07) is 0. The Morgan fingerprint density at radius 3 is 2.53 bits per heavy atom. The van der Waals surface area contributed by atoms with Gasteiger partial charge in [-0.15, -0.1) is 0 Å². The van der Waals surface area contributed by atoms with Crippen molar-refractivity contribution in [2.75, 3.05) is 24.2 Å². The Hall–Kier alpha value is -1.36. The number of nitrogen functional groups attached to an aromatic ring is 1. The van der Waals surface area contributed by atoms with Crippen LogP contribution in [0.1, 0.15) is 32.2 Å². The monoisotopic (exact) mass is 238 g/mol. The summed E-state index contributed by atoms with van der Waals surface area (Å²) in [6.07, 6.45) is 0.753. The molecule has 0 fully saturated rings. The summed E-state index contributed by atoms with van der Waals surface area (Å²) in [6.45, 7) is 8.63. The van der Waals surface area contributed by atoms with Crippen LogP contribution in [0.25, 0.3) is 0 Å². The van der Waals surface area contributed by atoms with Crippen LogP contribution in [0.2, 0.25) is 0 Å². The number of hydrogen-bond acceptors (Lipinski definition) is 5. The number of anilines is 2. The molecule has 5 heteroatoms. The Labute approximate surface area is 102 Å². The highest BCUT2D eigenvalue weighted by Crippen LogP contribution is 2.20. The van der Waals surface area contributed by atoms with E-state index in [0.29, 0.717) is 12.4 Å². The van der Waals surface area contributed by atoms with E-state index in [4.69, 9.17) is 5.73 Å². The predicted octanol–water partition coefficient (Wildman–Crippen LogP) is 1.36. The number of nitrogens with two attached hydrogens (primary N) is 1. The van der Waals surface area contributed by atoms with Crippen molar-refractivity contribution < 1.29 is 5.11 Å². The molecular formula is C12H22N4O. The second-order valence-corrected chi connectivity index (χ2v) is 5.03. The molecule has 1 rings (SSSR count). The normalized spacial score (nSPS) is 11.6. The minimum atomic E-state index is -0.182. The minimum Gasteiger partial charge on any atom is -0.396 e. The molecule has 1 aromatic heterocycles. The molecule has 0 saturated heterocycles. The largest absolute Gasteiger partial charge is 0.396 e. The lowest BCUT2D eigenvalue weighted by molar-refractivity contribution is 0.170. The van der Waals surface area contributed by atoms with Crippen molar-refractivity contribution >= 4 is 11.6 Å². The van der Waals surface area contributed by atoms with Gasteiger partial charge in [0.15, 0.2) is 0 Å². The smallest absolute Gasteiger partial charge is 0.134 e. The molecule has 96 valence electrons. The van der Waals surface area contributed by atoms with Gasteiger partial charge in [0, 0.05) is 30.6 Å². The van der Waals surface area contributed by atoms with E-state index in [-0.39, 0.29) is 12.0 Å². The molecule has 4 N–H and O–H groups in total. The molecule has 0 aliphatic rings. The topological polar surface area (TPSA) is 84.1 Å². The molecule has 0 radical (unpaired) electrons. The Bertz CT molecular complexity index is 390. The van der Waals surface area contributed by atoms with E-state index in [1.807, 2.05) is 27.7 Å². The summed E-state index contributed by atoms with van der Waals surface area (Å²) < 4.78 is 0. The average Bonchev–Trinajstić information content (AvgIpc) is 2.31. The number of aliphatic hydroxyl groups excluding tert-OH is 1. The van der Waals surface area contributed by atoms with Crippen molar-refractivity contribution in [1.29, 1.82) is 0 Å². The molecule has 0 bridgehead atoms. The molecule has 5 nitrogen and oxygen atoms in total. The fourth-order valence-corrected chi connectivity index (χ4v) is 1.29. The van der Waals surface area contributed by atoms with E-state index in [1.54, 1.807) is 0 Å². The van der Waals surface area contributed by atoms with E-state index >= 15 is 0 Å². The molecule has 1 heterocycles. The summed E-state index contributed by atoms with van der Waals surface area (Å²) in [5.41, 5.74) is 6.50. The molecule has 0 aromatic carbocycles. The third-order valence-corrected chi connectivity index (χ3v) is 2.71. The summed E-state index contributed by atoms with van der Waals surface area (Å²) in [5, 5.41) is 12.4. The second-order valence-electron chi connectivity index (χ2n) is 5.03. The molecule has 0 aliphatic heterocycles. The fourth-order valence-electron chi connectivity index (χ4n) is 1.29. The zero-order chi connectivity index (χ0) is 13.1. The van der Waals surface area contributed by atoms with Crippen LogP contribution in [0.15, 0.2) is 0 Å². The maximum Gasteiger partial charge on any atom is 0.134 e. The highest BCUT2D eigenvalue weighted by Gasteiger charge is 2.17. The van der Waals surface area contributed by atoms with Gasteiger partial charge < -0.3 is 16.2 Å². The second kappa shape index (κ2) is 5.31. The fraction of sp³-hybridized carbons (Fsp3) is 0.667. The van der Waals surface area contributed by atoms with Gasteiger partial charge in [0.25, 0.3) is 0 Å². The third kappa shape index (κ3) is 3.56. The van der Waals surface area contributed by atoms with Crippen LogP contribution in [0.5, 0.6) is 0 Å². The van der Waals surface area contributed by atoms with Gasteiger partial charge in [-0.3, -0.25) is 0 Å². The van der Waals surface area contributed by atoms with Crippen LogP contribution in [0.3, 0.4) is 0 Å². The van der Waals surface area contributed by atoms with Crippen molar-refractivity contribution in [3.63, 3.8) is 0 Å². The Kier molecular flexibility index (Phi) is 4.28. The maximum absolute atomic E-state index is 9.20. The van der Waals surface area contributed by atoms with Gasteiger partial charge in [0.1, 0.15) is 17.5 Å². The van der Waals surface area contributed by atoms with Crippen LogP contribution < -0.4 is 11.1 Å².